The fraction of sp³-hybridized carbons (Fsp3) is 0.500. The van der Waals surface area contributed by atoms with Gasteiger partial charge in [-0.1, -0.05) is 38.4 Å². The Kier molecular flexibility index (Phi) is 5.03. The van der Waals surface area contributed by atoms with Crippen molar-refractivity contribution in [2.45, 2.75) is 27.2 Å². The molecule has 0 spiro atoms. The summed E-state index contributed by atoms with van der Waals surface area (Å²) in [6.07, 6.45) is 0.755. The third kappa shape index (κ3) is 4.22. The highest BCUT2D eigenvalue weighted by molar-refractivity contribution is 6.32. The van der Waals surface area contributed by atoms with Gasteiger partial charge in [0, 0.05) is 12.0 Å². The van der Waals surface area contributed by atoms with Crippen LogP contribution in [0.15, 0.2) is 18.2 Å². The van der Waals surface area contributed by atoms with Gasteiger partial charge in [-0.25, -0.2) is 0 Å². The van der Waals surface area contributed by atoms with Crippen molar-refractivity contribution in [3.05, 3.63) is 28.8 Å². The minimum absolute atomic E-state index is 0.0575. The van der Waals surface area contributed by atoms with Gasteiger partial charge < -0.3 is 10.1 Å². The molecular weight excluding hydrogens is 250 g/mol. The highest BCUT2D eigenvalue weighted by Gasteiger charge is 2.20. The lowest BCUT2D eigenvalue weighted by atomic mass is 9.95. The number of carbonyl (C=O) groups is 1. The first-order chi connectivity index (χ1) is 8.34. The number of ether oxygens (including phenoxy) is 1. The van der Waals surface area contributed by atoms with Gasteiger partial charge in [0.2, 0.25) is 5.91 Å². The van der Waals surface area contributed by atoms with Crippen molar-refractivity contribution >= 4 is 17.5 Å². The molecule has 1 aromatic carbocycles. The molecule has 18 heavy (non-hydrogen) atoms. The lowest BCUT2D eigenvalue weighted by molar-refractivity contribution is -0.128. The van der Waals surface area contributed by atoms with Crippen molar-refractivity contribution in [1.29, 1.82) is 0 Å². The van der Waals surface area contributed by atoms with E-state index in [0.717, 1.165) is 12.0 Å². The lowest BCUT2D eigenvalue weighted by Gasteiger charge is -2.17. The predicted octanol–water partition coefficient (Wildman–Crippen LogP) is 3.05. The second-order valence-corrected chi connectivity index (χ2v) is 5.63. The fourth-order valence-corrected chi connectivity index (χ4v) is 1.73. The second-order valence-electron chi connectivity index (χ2n) is 5.22. The summed E-state index contributed by atoms with van der Waals surface area (Å²) in [5, 5.41) is 3.50. The summed E-state index contributed by atoms with van der Waals surface area (Å²) in [6, 6.07) is 5.65. The summed E-state index contributed by atoms with van der Waals surface area (Å²) in [5.74, 6) is 0.723. The van der Waals surface area contributed by atoms with E-state index in [0.29, 0.717) is 17.3 Å². The largest absolute Gasteiger partial charge is 0.495 e. The van der Waals surface area contributed by atoms with Crippen LogP contribution in [0.3, 0.4) is 0 Å². The second kappa shape index (κ2) is 6.10. The number of hydrogen-bond donors (Lipinski definition) is 1. The minimum atomic E-state index is -0.350. The number of halogens is 1. The molecule has 0 saturated carbocycles. The van der Waals surface area contributed by atoms with E-state index in [1.165, 1.54) is 0 Å². The Balaban J connectivity index is 2.50. The van der Waals surface area contributed by atoms with E-state index in [9.17, 15) is 4.79 Å². The van der Waals surface area contributed by atoms with Crippen LogP contribution < -0.4 is 10.1 Å². The molecule has 1 aromatic rings. The van der Waals surface area contributed by atoms with E-state index in [1.807, 2.05) is 39.0 Å². The Hall–Kier alpha value is -1.22. The quantitative estimate of drug-likeness (QED) is 0.912. The van der Waals surface area contributed by atoms with E-state index < -0.39 is 0 Å². The van der Waals surface area contributed by atoms with Crippen LogP contribution in [0.25, 0.3) is 0 Å². The van der Waals surface area contributed by atoms with Crippen LogP contribution in [0.2, 0.25) is 5.02 Å². The van der Waals surface area contributed by atoms with Crippen molar-refractivity contribution in [1.82, 2.24) is 5.32 Å². The molecule has 0 fully saturated rings. The first-order valence-corrected chi connectivity index (χ1v) is 6.33. The van der Waals surface area contributed by atoms with Gasteiger partial charge in [-0.3, -0.25) is 4.79 Å². The highest BCUT2D eigenvalue weighted by Crippen LogP contribution is 2.25. The van der Waals surface area contributed by atoms with Crippen LogP contribution in [-0.2, 0) is 11.2 Å². The molecule has 1 rings (SSSR count). The van der Waals surface area contributed by atoms with Gasteiger partial charge in [-0.05, 0) is 24.1 Å². The zero-order chi connectivity index (χ0) is 13.8. The van der Waals surface area contributed by atoms with Crippen molar-refractivity contribution in [3.8, 4) is 5.75 Å². The number of hydrogen-bond acceptors (Lipinski definition) is 2. The Bertz CT molecular complexity index is 424. The van der Waals surface area contributed by atoms with Gasteiger partial charge >= 0.3 is 0 Å². The molecule has 0 atom stereocenters. The molecule has 3 nitrogen and oxygen atoms in total. The van der Waals surface area contributed by atoms with Crippen molar-refractivity contribution in [2.24, 2.45) is 5.41 Å². The number of methoxy groups -OCH3 is 1. The van der Waals surface area contributed by atoms with Crippen LogP contribution in [0, 0.1) is 5.41 Å². The van der Waals surface area contributed by atoms with Crippen molar-refractivity contribution < 1.29 is 9.53 Å². The Morgan fingerprint density at radius 1 is 1.39 bits per heavy atom. The van der Waals surface area contributed by atoms with Crippen LogP contribution in [0.1, 0.15) is 26.3 Å². The van der Waals surface area contributed by atoms with Crippen LogP contribution in [-0.4, -0.2) is 19.6 Å². The van der Waals surface area contributed by atoms with E-state index >= 15 is 0 Å². The highest BCUT2D eigenvalue weighted by atomic mass is 35.5. The molecule has 0 aliphatic rings. The van der Waals surface area contributed by atoms with Crippen LogP contribution in [0.4, 0.5) is 0 Å². The Labute approximate surface area is 113 Å². The predicted molar refractivity (Wildman–Crippen MR) is 74.2 cm³/mol. The van der Waals surface area contributed by atoms with E-state index in [2.05, 4.69) is 5.32 Å². The number of carbonyl (C=O) groups excluding carboxylic acids is 1. The Morgan fingerprint density at radius 2 is 2.06 bits per heavy atom. The Morgan fingerprint density at radius 3 is 2.56 bits per heavy atom. The summed E-state index contributed by atoms with van der Waals surface area (Å²) in [6.45, 7) is 6.30. The van der Waals surface area contributed by atoms with Crippen LogP contribution in [0.5, 0.6) is 5.75 Å². The third-order valence-electron chi connectivity index (χ3n) is 2.60. The summed E-state index contributed by atoms with van der Waals surface area (Å²) >= 11 is 6.03. The molecule has 0 bridgehead atoms. The number of nitrogens with one attached hydrogen (secondary N) is 1. The van der Waals surface area contributed by atoms with Crippen LogP contribution >= 0.6 is 11.6 Å². The summed E-state index contributed by atoms with van der Waals surface area (Å²) in [7, 11) is 1.59. The van der Waals surface area contributed by atoms with E-state index in [4.69, 9.17) is 16.3 Å². The molecule has 0 heterocycles. The monoisotopic (exact) mass is 269 g/mol. The maximum atomic E-state index is 11.7. The third-order valence-corrected chi connectivity index (χ3v) is 2.89. The molecule has 0 aliphatic carbocycles. The molecule has 0 saturated heterocycles. The van der Waals surface area contributed by atoms with E-state index in [1.54, 1.807) is 7.11 Å². The maximum Gasteiger partial charge on any atom is 0.225 e. The molecule has 0 radical (unpaired) electrons. The summed E-state index contributed by atoms with van der Waals surface area (Å²) in [5.41, 5.74) is 0.729. The van der Waals surface area contributed by atoms with Gasteiger partial charge in [-0.15, -0.1) is 0 Å². The fourth-order valence-electron chi connectivity index (χ4n) is 1.45. The van der Waals surface area contributed by atoms with Gasteiger partial charge in [0.25, 0.3) is 0 Å². The average molecular weight is 270 g/mol. The molecule has 1 amide bonds. The van der Waals surface area contributed by atoms with Gasteiger partial charge in [0.15, 0.2) is 0 Å². The molecule has 0 aromatic heterocycles. The minimum Gasteiger partial charge on any atom is -0.495 e. The van der Waals surface area contributed by atoms with E-state index in [-0.39, 0.29) is 11.3 Å². The maximum absolute atomic E-state index is 11.7. The van der Waals surface area contributed by atoms with Crippen molar-refractivity contribution in [2.75, 3.05) is 13.7 Å². The van der Waals surface area contributed by atoms with Gasteiger partial charge in [0.1, 0.15) is 5.75 Å². The standard InChI is InChI=1S/C14H20ClNO2/c1-14(2,3)13(17)16-8-7-10-5-6-12(18-4)11(15)9-10/h5-6,9H,7-8H2,1-4H3,(H,16,17). The lowest BCUT2D eigenvalue weighted by Crippen LogP contribution is -2.35. The number of benzene rings is 1. The smallest absolute Gasteiger partial charge is 0.225 e. The van der Waals surface area contributed by atoms with Gasteiger partial charge in [0.05, 0.1) is 12.1 Å². The average Bonchev–Trinajstić information content (AvgIpc) is 2.28. The molecule has 100 valence electrons. The molecule has 1 N–H and O–H groups in total. The molecule has 4 heteroatoms. The first-order valence-electron chi connectivity index (χ1n) is 5.95. The topological polar surface area (TPSA) is 38.3 Å². The van der Waals surface area contributed by atoms with Crippen molar-refractivity contribution in [3.63, 3.8) is 0 Å². The molecule has 0 aliphatic heterocycles. The summed E-state index contributed by atoms with van der Waals surface area (Å²) in [4.78, 5) is 11.7. The molecule has 0 unspecified atom stereocenters. The number of rotatable bonds is 4. The normalized spacial score (nSPS) is 11.2. The zero-order valence-corrected chi connectivity index (χ0v) is 12.1. The first kappa shape index (κ1) is 14.8. The zero-order valence-electron chi connectivity index (χ0n) is 11.3. The number of amides is 1. The SMILES string of the molecule is COc1ccc(CCNC(=O)C(C)(C)C)cc1Cl. The summed E-state index contributed by atoms with van der Waals surface area (Å²) < 4.78 is 5.09. The van der Waals surface area contributed by atoms with Gasteiger partial charge in [-0.2, -0.15) is 0 Å². The molecular formula is C14H20ClNO2.